The lowest BCUT2D eigenvalue weighted by molar-refractivity contribution is 0.0736. The molecule has 1 aliphatic rings. The molecule has 1 unspecified atom stereocenters. The molecule has 0 aromatic heterocycles. The molecule has 7 nitrogen and oxygen atoms in total. The van der Waals surface area contributed by atoms with Crippen LogP contribution >= 0.6 is 0 Å². The first-order valence-electron chi connectivity index (χ1n) is 6.75. The van der Waals surface area contributed by atoms with Crippen molar-refractivity contribution in [2.24, 2.45) is 0 Å². The smallest absolute Gasteiger partial charge is 0.219 e. The Morgan fingerprint density at radius 1 is 1.23 bits per heavy atom. The van der Waals surface area contributed by atoms with E-state index in [2.05, 4.69) is 4.72 Å². The van der Waals surface area contributed by atoms with Crippen LogP contribution < -0.4 is 4.72 Å². The fraction of sp³-hybridized carbons (Fsp3) is 0.538. The second kappa shape index (κ2) is 7.05. The minimum absolute atomic E-state index is 0.0881. The Morgan fingerprint density at radius 2 is 1.95 bits per heavy atom. The third kappa shape index (κ3) is 3.85. The molecule has 0 amide bonds. The summed E-state index contributed by atoms with van der Waals surface area (Å²) in [7, 11) is -5.78. The summed E-state index contributed by atoms with van der Waals surface area (Å²) >= 11 is 0. The molecule has 0 saturated heterocycles. The van der Waals surface area contributed by atoms with Crippen molar-refractivity contribution in [3.05, 3.63) is 29.8 Å². The van der Waals surface area contributed by atoms with Gasteiger partial charge in [-0.25, -0.2) is 21.6 Å². The molecule has 0 saturated carbocycles. The molecule has 0 radical (unpaired) electrons. The van der Waals surface area contributed by atoms with E-state index in [0.29, 0.717) is 18.8 Å². The van der Waals surface area contributed by atoms with Crippen molar-refractivity contribution in [2.45, 2.75) is 10.1 Å². The molecule has 1 N–H and O–H groups in total. The molecule has 0 fully saturated rings. The number of rotatable bonds is 8. The fourth-order valence-corrected chi connectivity index (χ4v) is 6.32. The number of methoxy groups -OCH3 is 1. The van der Waals surface area contributed by atoms with Crippen molar-refractivity contribution in [1.29, 1.82) is 0 Å². The number of ether oxygens (including phenoxy) is 2. The topological polar surface area (TPSA) is 98.8 Å². The molecule has 9 heteroatoms. The molecular formula is C13H19NO6S2. The highest BCUT2D eigenvalue weighted by Crippen LogP contribution is 2.37. The number of sulfone groups is 1. The Kier molecular flexibility index (Phi) is 5.56. The van der Waals surface area contributed by atoms with Gasteiger partial charge < -0.3 is 9.47 Å². The van der Waals surface area contributed by atoms with Gasteiger partial charge in [-0.05, 0) is 11.6 Å². The minimum atomic E-state index is -3.78. The van der Waals surface area contributed by atoms with Gasteiger partial charge in [-0.15, -0.1) is 0 Å². The monoisotopic (exact) mass is 349 g/mol. The molecule has 124 valence electrons. The van der Waals surface area contributed by atoms with Crippen molar-refractivity contribution in [2.75, 3.05) is 39.2 Å². The lowest BCUT2D eigenvalue weighted by atomic mass is 10.2. The van der Waals surface area contributed by atoms with Crippen LogP contribution in [0.1, 0.15) is 10.8 Å². The van der Waals surface area contributed by atoms with Gasteiger partial charge in [0.05, 0.1) is 30.5 Å². The summed E-state index contributed by atoms with van der Waals surface area (Å²) in [5.74, 6) is -0.424. The first-order chi connectivity index (χ1) is 10.4. The standard InChI is InChI=1S/C13H19NO6S2/c1-19-8-9-20-7-6-14-22(17,18)13-10-21(15,16)12-5-3-2-4-11(12)13/h2-5,13-14H,6-10H2,1H3. The van der Waals surface area contributed by atoms with E-state index in [4.69, 9.17) is 9.47 Å². The van der Waals surface area contributed by atoms with Crippen molar-refractivity contribution in [1.82, 2.24) is 4.72 Å². The maximum absolute atomic E-state index is 12.3. The Bertz CT molecular complexity index is 714. The summed E-state index contributed by atoms with van der Waals surface area (Å²) < 4.78 is 61.1. The molecule has 0 spiro atoms. The van der Waals surface area contributed by atoms with E-state index in [9.17, 15) is 16.8 Å². The normalized spacial score (nSPS) is 20.0. The van der Waals surface area contributed by atoms with Crippen molar-refractivity contribution >= 4 is 19.9 Å². The summed E-state index contributed by atoms with van der Waals surface area (Å²) in [5.41, 5.74) is 0.329. The molecule has 1 aliphatic heterocycles. The van der Waals surface area contributed by atoms with E-state index >= 15 is 0 Å². The van der Waals surface area contributed by atoms with E-state index in [-0.39, 0.29) is 18.0 Å². The average molecular weight is 349 g/mol. The van der Waals surface area contributed by atoms with Crippen molar-refractivity contribution < 1.29 is 26.3 Å². The number of nitrogens with one attached hydrogen (secondary N) is 1. The van der Waals surface area contributed by atoms with Crippen molar-refractivity contribution in [3.63, 3.8) is 0 Å². The molecule has 1 atom stereocenters. The molecular weight excluding hydrogens is 330 g/mol. The van der Waals surface area contributed by atoms with Gasteiger partial charge in [-0.2, -0.15) is 0 Å². The summed E-state index contributed by atoms with van der Waals surface area (Å²) in [6.45, 7) is 1.09. The van der Waals surface area contributed by atoms with Crippen LogP contribution in [-0.2, 0) is 29.3 Å². The fourth-order valence-electron chi connectivity index (χ4n) is 2.27. The lowest BCUT2D eigenvalue weighted by Gasteiger charge is -2.13. The van der Waals surface area contributed by atoms with Gasteiger partial charge in [0.1, 0.15) is 5.25 Å². The number of benzene rings is 1. The highest BCUT2D eigenvalue weighted by molar-refractivity contribution is 7.95. The van der Waals surface area contributed by atoms with Crippen molar-refractivity contribution in [3.8, 4) is 0 Å². The average Bonchev–Trinajstić information content (AvgIpc) is 2.76. The van der Waals surface area contributed by atoms with Crippen LogP contribution in [0, 0.1) is 0 Å². The third-order valence-corrected chi connectivity index (χ3v) is 7.13. The largest absolute Gasteiger partial charge is 0.382 e. The Labute approximate surface area is 130 Å². The molecule has 1 heterocycles. The van der Waals surface area contributed by atoms with Crippen LogP contribution in [0.3, 0.4) is 0 Å². The van der Waals surface area contributed by atoms with E-state index in [1.807, 2.05) is 0 Å². The van der Waals surface area contributed by atoms with E-state index in [1.54, 1.807) is 25.3 Å². The van der Waals surface area contributed by atoms with Crippen LogP contribution in [-0.4, -0.2) is 56.1 Å². The second-order valence-corrected chi connectivity index (χ2v) is 8.80. The Morgan fingerprint density at radius 3 is 2.68 bits per heavy atom. The minimum Gasteiger partial charge on any atom is -0.382 e. The van der Waals surface area contributed by atoms with Crippen LogP contribution in [0.5, 0.6) is 0 Å². The van der Waals surface area contributed by atoms with Gasteiger partial charge in [0.15, 0.2) is 9.84 Å². The second-order valence-electron chi connectivity index (χ2n) is 4.85. The maximum atomic E-state index is 12.3. The molecule has 1 aromatic rings. The van der Waals surface area contributed by atoms with E-state index < -0.39 is 30.9 Å². The highest BCUT2D eigenvalue weighted by atomic mass is 32.2. The molecule has 0 aliphatic carbocycles. The summed E-state index contributed by atoms with van der Waals surface area (Å²) in [6, 6.07) is 6.20. The van der Waals surface area contributed by atoms with Crippen LogP contribution in [0.25, 0.3) is 0 Å². The lowest BCUT2D eigenvalue weighted by Crippen LogP contribution is -2.32. The molecule has 0 bridgehead atoms. The van der Waals surface area contributed by atoms with Gasteiger partial charge in [-0.3, -0.25) is 0 Å². The molecule has 1 aromatic carbocycles. The van der Waals surface area contributed by atoms with Crippen LogP contribution in [0.4, 0.5) is 0 Å². The summed E-state index contributed by atoms with van der Waals surface area (Å²) in [5, 5.41) is -1.08. The van der Waals surface area contributed by atoms with Gasteiger partial charge in [0.2, 0.25) is 10.0 Å². The SMILES string of the molecule is COCCOCCNS(=O)(=O)C1CS(=O)(=O)c2ccccc21. The maximum Gasteiger partial charge on any atom is 0.219 e. The predicted molar refractivity (Wildman–Crippen MR) is 80.9 cm³/mol. The van der Waals surface area contributed by atoms with E-state index in [0.717, 1.165) is 0 Å². The first kappa shape index (κ1) is 17.4. The third-order valence-electron chi connectivity index (χ3n) is 3.33. The van der Waals surface area contributed by atoms with Gasteiger partial charge in [-0.1, -0.05) is 18.2 Å². The predicted octanol–water partition coefficient (Wildman–Crippen LogP) is 0.0974. The highest BCUT2D eigenvalue weighted by Gasteiger charge is 2.41. The molecule has 2 rings (SSSR count). The zero-order chi connectivity index (χ0) is 16.2. The summed E-state index contributed by atoms with van der Waals surface area (Å²) in [4.78, 5) is 0.0988. The van der Waals surface area contributed by atoms with Crippen LogP contribution in [0.15, 0.2) is 29.2 Å². The summed E-state index contributed by atoms with van der Waals surface area (Å²) in [6.07, 6.45) is 0. The number of hydrogen-bond donors (Lipinski definition) is 1. The number of hydrogen-bond acceptors (Lipinski definition) is 6. The van der Waals surface area contributed by atoms with Gasteiger partial charge in [0, 0.05) is 13.7 Å². The van der Waals surface area contributed by atoms with Gasteiger partial charge >= 0.3 is 0 Å². The Hall–Kier alpha value is -1.00. The zero-order valence-corrected chi connectivity index (χ0v) is 13.8. The molecule has 22 heavy (non-hydrogen) atoms. The number of sulfonamides is 1. The number of fused-ring (bicyclic) bond motifs is 1. The Balaban J connectivity index is 2.02. The van der Waals surface area contributed by atoms with Crippen LogP contribution in [0.2, 0.25) is 0 Å². The first-order valence-corrected chi connectivity index (χ1v) is 9.95. The van der Waals surface area contributed by atoms with Gasteiger partial charge in [0.25, 0.3) is 0 Å². The quantitative estimate of drug-likeness (QED) is 0.668. The zero-order valence-electron chi connectivity index (χ0n) is 12.2. The van der Waals surface area contributed by atoms with E-state index in [1.165, 1.54) is 6.07 Å².